The lowest BCUT2D eigenvalue weighted by Gasteiger charge is -2.23. The summed E-state index contributed by atoms with van der Waals surface area (Å²) < 4.78 is 15.5. The Balaban J connectivity index is 2.32. The molecule has 1 unspecified atom stereocenters. The maximum Gasteiger partial charge on any atom is 0.305 e. The molecule has 0 aliphatic carbocycles. The highest BCUT2D eigenvalue weighted by Gasteiger charge is 2.25. The van der Waals surface area contributed by atoms with Crippen molar-refractivity contribution in [1.82, 2.24) is 0 Å². The van der Waals surface area contributed by atoms with Gasteiger partial charge >= 0.3 is 11.9 Å². The Morgan fingerprint density at radius 1 is 0.913 bits per heavy atom. The fourth-order valence-corrected chi connectivity index (χ4v) is 2.36. The Morgan fingerprint density at radius 2 is 1.48 bits per heavy atom. The lowest BCUT2D eigenvalue weighted by molar-refractivity contribution is -0.188. The number of hydrogen-bond donors (Lipinski definition) is 0. The van der Waals surface area contributed by atoms with Gasteiger partial charge in [0.1, 0.15) is 5.75 Å². The summed E-state index contributed by atoms with van der Waals surface area (Å²) in [4.78, 5) is 22.5. The van der Waals surface area contributed by atoms with Gasteiger partial charge in [0, 0.05) is 13.8 Å². The van der Waals surface area contributed by atoms with Crippen LogP contribution >= 0.6 is 0 Å². The molecule has 0 radical (unpaired) electrons. The molecule has 1 atom stereocenters. The van der Waals surface area contributed by atoms with Crippen molar-refractivity contribution in [2.24, 2.45) is 0 Å². The lowest BCUT2D eigenvalue weighted by atomic mass is 9.97. The number of benzene rings is 2. The number of fused-ring (bicyclic) bond motifs is 1. The number of ether oxygens (including phenoxy) is 3. The molecule has 0 bridgehead atoms. The van der Waals surface area contributed by atoms with Gasteiger partial charge in [0.05, 0.1) is 13.0 Å². The van der Waals surface area contributed by atoms with Crippen LogP contribution in [0.25, 0.3) is 10.8 Å². The summed E-state index contributed by atoms with van der Waals surface area (Å²) in [5, 5.41) is 2.07. The molecule has 0 saturated heterocycles. The molecule has 0 aromatic heterocycles. The molecule has 0 fully saturated rings. The van der Waals surface area contributed by atoms with E-state index in [0.717, 1.165) is 22.1 Å². The van der Waals surface area contributed by atoms with Crippen molar-refractivity contribution < 1.29 is 23.8 Å². The first-order valence-electron chi connectivity index (χ1n) is 7.33. The van der Waals surface area contributed by atoms with Crippen molar-refractivity contribution in [2.45, 2.75) is 33.0 Å². The number of rotatable bonds is 5. The molecule has 0 aliphatic heterocycles. The summed E-state index contributed by atoms with van der Waals surface area (Å²) in [6, 6.07) is 11.6. The molecule has 0 spiro atoms. The van der Waals surface area contributed by atoms with E-state index in [9.17, 15) is 9.59 Å². The molecule has 5 nitrogen and oxygen atoms in total. The largest absolute Gasteiger partial charge is 0.497 e. The van der Waals surface area contributed by atoms with Crippen molar-refractivity contribution in [2.75, 3.05) is 7.11 Å². The van der Waals surface area contributed by atoms with E-state index >= 15 is 0 Å². The van der Waals surface area contributed by atoms with Gasteiger partial charge in [-0.3, -0.25) is 9.59 Å². The minimum atomic E-state index is -0.944. The van der Waals surface area contributed by atoms with Crippen LogP contribution in [0.5, 0.6) is 5.75 Å². The van der Waals surface area contributed by atoms with Crippen LogP contribution in [0.3, 0.4) is 0 Å². The third-order valence-electron chi connectivity index (χ3n) is 3.57. The topological polar surface area (TPSA) is 61.8 Å². The second kappa shape index (κ2) is 7.13. The smallest absolute Gasteiger partial charge is 0.305 e. The zero-order valence-electron chi connectivity index (χ0n) is 13.7. The van der Waals surface area contributed by atoms with E-state index in [1.807, 2.05) is 43.3 Å². The third kappa shape index (κ3) is 4.22. The van der Waals surface area contributed by atoms with Gasteiger partial charge < -0.3 is 14.2 Å². The molecular weight excluding hydrogens is 296 g/mol. The van der Waals surface area contributed by atoms with Gasteiger partial charge in [0.15, 0.2) is 0 Å². The maximum absolute atomic E-state index is 11.2. The molecule has 2 aromatic rings. The van der Waals surface area contributed by atoms with Crippen LogP contribution in [0.15, 0.2) is 36.4 Å². The van der Waals surface area contributed by atoms with E-state index in [-0.39, 0.29) is 5.92 Å². The molecule has 0 amide bonds. The summed E-state index contributed by atoms with van der Waals surface area (Å²) in [7, 11) is 1.63. The third-order valence-corrected chi connectivity index (χ3v) is 3.57. The van der Waals surface area contributed by atoms with E-state index in [2.05, 4.69) is 0 Å². The number of hydrogen-bond acceptors (Lipinski definition) is 5. The van der Waals surface area contributed by atoms with E-state index in [0.29, 0.717) is 0 Å². The van der Waals surface area contributed by atoms with Gasteiger partial charge in [-0.1, -0.05) is 31.2 Å². The zero-order valence-corrected chi connectivity index (χ0v) is 13.7. The van der Waals surface area contributed by atoms with E-state index in [4.69, 9.17) is 14.2 Å². The Bertz CT molecular complexity index is 706. The Kier molecular flexibility index (Phi) is 5.21. The van der Waals surface area contributed by atoms with Crippen molar-refractivity contribution in [3.8, 4) is 5.75 Å². The number of carbonyl (C=O) groups excluding carboxylic acids is 2. The molecule has 2 aromatic carbocycles. The fraction of sp³-hybridized carbons (Fsp3) is 0.333. The Hall–Kier alpha value is -2.56. The molecule has 122 valence electrons. The first kappa shape index (κ1) is 16.8. The van der Waals surface area contributed by atoms with Gasteiger partial charge in [-0.15, -0.1) is 0 Å². The first-order chi connectivity index (χ1) is 10.9. The molecule has 0 N–H and O–H groups in total. The average Bonchev–Trinajstić information content (AvgIpc) is 2.51. The van der Waals surface area contributed by atoms with E-state index in [1.165, 1.54) is 13.8 Å². The van der Waals surface area contributed by atoms with Crippen LogP contribution in [0.4, 0.5) is 0 Å². The number of carbonyl (C=O) groups is 2. The van der Waals surface area contributed by atoms with Gasteiger partial charge in [0.25, 0.3) is 6.29 Å². The molecule has 0 aliphatic rings. The first-order valence-corrected chi connectivity index (χ1v) is 7.33. The predicted molar refractivity (Wildman–Crippen MR) is 86.2 cm³/mol. The monoisotopic (exact) mass is 316 g/mol. The summed E-state index contributed by atoms with van der Waals surface area (Å²) in [5.74, 6) is -0.479. The average molecular weight is 316 g/mol. The summed E-state index contributed by atoms with van der Waals surface area (Å²) in [5.41, 5.74) is 0.912. The van der Waals surface area contributed by atoms with Crippen molar-refractivity contribution >= 4 is 22.7 Å². The number of esters is 2. The van der Waals surface area contributed by atoms with Gasteiger partial charge in [0.2, 0.25) is 0 Å². The molecular formula is C18H20O5. The summed E-state index contributed by atoms with van der Waals surface area (Å²) in [6.07, 6.45) is -0.944. The molecule has 2 rings (SSSR count). The molecule has 0 heterocycles. The van der Waals surface area contributed by atoms with Gasteiger partial charge in [-0.25, -0.2) is 0 Å². The Labute approximate surface area is 135 Å². The van der Waals surface area contributed by atoms with Gasteiger partial charge in [-0.05, 0) is 28.5 Å². The number of methoxy groups -OCH3 is 1. The van der Waals surface area contributed by atoms with Crippen LogP contribution in [0.2, 0.25) is 0 Å². The second-order valence-corrected chi connectivity index (χ2v) is 5.35. The van der Waals surface area contributed by atoms with Crippen molar-refractivity contribution in [1.29, 1.82) is 0 Å². The zero-order chi connectivity index (χ0) is 17.0. The maximum atomic E-state index is 11.2. The van der Waals surface area contributed by atoms with Crippen LogP contribution in [-0.4, -0.2) is 25.3 Å². The minimum Gasteiger partial charge on any atom is -0.497 e. The lowest BCUT2D eigenvalue weighted by Crippen LogP contribution is -2.27. The highest BCUT2D eigenvalue weighted by molar-refractivity contribution is 5.84. The van der Waals surface area contributed by atoms with Crippen LogP contribution in [-0.2, 0) is 19.1 Å². The standard InChI is InChI=1S/C18H20O5/c1-11(18(22-12(2)19)23-13(3)20)14-5-6-16-10-17(21-4)8-7-15(16)9-14/h5-11,18H,1-4H3. The fourth-order valence-electron chi connectivity index (χ4n) is 2.36. The minimum absolute atomic E-state index is 0.283. The molecule has 5 heteroatoms. The quantitative estimate of drug-likeness (QED) is 0.625. The Morgan fingerprint density at radius 3 is 2.04 bits per heavy atom. The van der Waals surface area contributed by atoms with Gasteiger partial charge in [-0.2, -0.15) is 0 Å². The second-order valence-electron chi connectivity index (χ2n) is 5.35. The van der Waals surface area contributed by atoms with Crippen LogP contribution in [0, 0.1) is 0 Å². The normalized spacial score (nSPS) is 12.0. The summed E-state index contributed by atoms with van der Waals surface area (Å²) in [6.45, 7) is 4.42. The van der Waals surface area contributed by atoms with E-state index < -0.39 is 18.2 Å². The molecule has 0 saturated carbocycles. The summed E-state index contributed by atoms with van der Waals surface area (Å²) >= 11 is 0. The SMILES string of the molecule is COc1ccc2cc(C(C)C(OC(C)=O)OC(C)=O)ccc2c1. The van der Waals surface area contributed by atoms with Crippen LogP contribution < -0.4 is 4.74 Å². The van der Waals surface area contributed by atoms with Crippen molar-refractivity contribution in [3.05, 3.63) is 42.0 Å². The van der Waals surface area contributed by atoms with Crippen LogP contribution in [0.1, 0.15) is 32.3 Å². The molecule has 23 heavy (non-hydrogen) atoms. The highest BCUT2D eigenvalue weighted by atomic mass is 16.7. The van der Waals surface area contributed by atoms with E-state index in [1.54, 1.807) is 7.11 Å². The predicted octanol–water partition coefficient (Wildman–Crippen LogP) is 3.40. The van der Waals surface area contributed by atoms with Crippen molar-refractivity contribution in [3.63, 3.8) is 0 Å². The highest BCUT2D eigenvalue weighted by Crippen LogP contribution is 2.28.